The van der Waals surface area contributed by atoms with E-state index in [0.29, 0.717) is 6.42 Å². The number of Topliss-reactive ketones (excluding diaryl/α,β-unsaturated/α-hetero) is 1. The third-order valence-electron chi connectivity index (χ3n) is 5.24. The van der Waals surface area contributed by atoms with E-state index in [1.165, 1.54) is 19.3 Å². The largest absolute Gasteiger partial charge is 0.490 e. The monoisotopic (exact) mass is 286 g/mol. The fourth-order valence-corrected chi connectivity index (χ4v) is 3.89. The van der Waals surface area contributed by atoms with E-state index in [9.17, 15) is 4.79 Å². The fourth-order valence-electron chi connectivity index (χ4n) is 3.89. The van der Waals surface area contributed by atoms with Gasteiger partial charge in [0.25, 0.3) is 0 Å². The van der Waals surface area contributed by atoms with Gasteiger partial charge in [-0.1, -0.05) is 0 Å². The number of carbonyl (C=O) groups excluding carboxylic acids is 1. The van der Waals surface area contributed by atoms with Crippen LogP contribution in [0.5, 0.6) is 5.75 Å². The molecule has 1 unspecified atom stereocenters. The standard InChI is InChI=1S/C18H22O3/c19-17-4-1-3-13-11-14(5-6-16(13)17)21-15-7-10-20-18(12-15)8-2-9-18/h5-6,11,15H,1-4,7-10,12H2. The smallest absolute Gasteiger partial charge is 0.163 e. The highest BCUT2D eigenvalue weighted by molar-refractivity contribution is 5.98. The van der Waals surface area contributed by atoms with E-state index in [0.717, 1.165) is 49.2 Å². The van der Waals surface area contributed by atoms with E-state index in [1.807, 2.05) is 12.1 Å². The Bertz CT molecular complexity index is 560. The summed E-state index contributed by atoms with van der Waals surface area (Å²) in [6, 6.07) is 5.99. The zero-order chi connectivity index (χ0) is 14.3. The molecule has 112 valence electrons. The van der Waals surface area contributed by atoms with Crippen LogP contribution in [0.4, 0.5) is 0 Å². The van der Waals surface area contributed by atoms with Crippen LogP contribution in [-0.2, 0) is 11.2 Å². The van der Waals surface area contributed by atoms with E-state index in [2.05, 4.69) is 6.07 Å². The van der Waals surface area contributed by atoms with Crippen molar-refractivity contribution in [3.05, 3.63) is 29.3 Å². The maximum atomic E-state index is 11.9. The molecule has 1 atom stereocenters. The third-order valence-corrected chi connectivity index (χ3v) is 5.24. The summed E-state index contributed by atoms with van der Waals surface area (Å²) < 4.78 is 12.1. The molecule has 0 radical (unpaired) electrons. The summed E-state index contributed by atoms with van der Waals surface area (Å²) in [5.74, 6) is 1.20. The molecule has 3 heteroatoms. The lowest BCUT2D eigenvalue weighted by Crippen LogP contribution is -2.48. The minimum atomic E-state index is 0.118. The zero-order valence-corrected chi connectivity index (χ0v) is 12.4. The molecule has 3 nitrogen and oxygen atoms in total. The molecule has 1 saturated carbocycles. The number of benzene rings is 1. The molecule has 0 aromatic heterocycles. The lowest BCUT2D eigenvalue weighted by molar-refractivity contribution is -0.153. The summed E-state index contributed by atoms with van der Waals surface area (Å²) in [4.78, 5) is 11.9. The Balaban J connectivity index is 1.48. The van der Waals surface area contributed by atoms with Crippen molar-refractivity contribution >= 4 is 5.78 Å². The Morgan fingerprint density at radius 2 is 2.10 bits per heavy atom. The Morgan fingerprint density at radius 1 is 1.19 bits per heavy atom. The van der Waals surface area contributed by atoms with Gasteiger partial charge < -0.3 is 9.47 Å². The van der Waals surface area contributed by atoms with Crippen molar-refractivity contribution < 1.29 is 14.3 Å². The van der Waals surface area contributed by atoms with E-state index in [4.69, 9.17) is 9.47 Å². The van der Waals surface area contributed by atoms with Crippen LogP contribution in [0.15, 0.2) is 18.2 Å². The van der Waals surface area contributed by atoms with Crippen LogP contribution >= 0.6 is 0 Å². The number of aryl methyl sites for hydroxylation is 1. The maximum Gasteiger partial charge on any atom is 0.163 e. The molecule has 2 fully saturated rings. The van der Waals surface area contributed by atoms with Crippen LogP contribution in [0.1, 0.15) is 60.9 Å². The average molecular weight is 286 g/mol. The van der Waals surface area contributed by atoms with Gasteiger partial charge >= 0.3 is 0 Å². The van der Waals surface area contributed by atoms with Gasteiger partial charge in [0.1, 0.15) is 11.9 Å². The van der Waals surface area contributed by atoms with Gasteiger partial charge in [-0.05, 0) is 55.9 Å². The highest BCUT2D eigenvalue weighted by atomic mass is 16.5. The number of rotatable bonds is 2. The minimum Gasteiger partial charge on any atom is -0.490 e. The average Bonchev–Trinajstić information content (AvgIpc) is 2.46. The molecule has 1 heterocycles. The summed E-state index contributed by atoms with van der Waals surface area (Å²) >= 11 is 0. The van der Waals surface area contributed by atoms with Crippen molar-refractivity contribution in [1.82, 2.24) is 0 Å². The molecular weight excluding hydrogens is 264 g/mol. The normalized spacial score (nSPS) is 27.0. The van der Waals surface area contributed by atoms with E-state index in [1.54, 1.807) is 0 Å². The Hall–Kier alpha value is -1.35. The van der Waals surface area contributed by atoms with Crippen molar-refractivity contribution in [3.8, 4) is 5.75 Å². The van der Waals surface area contributed by atoms with Crippen LogP contribution in [0.2, 0.25) is 0 Å². The second kappa shape index (κ2) is 5.13. The first-order chi connectivity index (χ1) is 10.2. The first-order valence-corrected chi connectivity index (χ1v) is 8.21. The highest BCUT2D eigenvalue weighted by Crippen LogP contribution is 2.43. The molecule has 3 aliphatic rings. The van der Waals surface area contributed by atoms with Crippen molar-refractivity contribution in [2.45, 2.75) is 63.1 Å². The Labute approximate surface area is 125 Å². The lowest BCUT2D eigenvalue weighted by Gasteiger charge is -2.46. The van der Waals surface area contributed by atoms with Crippen LogP contribution < -0.4 is 4.74 Å². The second-order valence-electron chi connectivity index (χ2n) is 6.71. The van der Waals surface area contributed by atoms with Crippen molar-refractivity contribution in [3.63, 3.8) is 0 Å². The minimum absolute atomic E-state index is 0.118. The predicted molar refractivity (Wildman–Crippen MR) is 79.9 cm³/mol. The number of hydrogen-bond acceptors (Lipinski definition) is 3. The fraction of sp³-hybridized carbons (Fsp3) is 0.611. The van der Waals surface area contributed by atoms with Crippen molar-refractivity contribution in [2.75, 3.05) is 6.61 Å². The van der Waals surface area contributed by atoms with Gasteiger partial charge in [-0.2, -0.15) is 0 Å². The lowest BCUT2D eigenvalue weighted by atomic mass is 9.74. The molecule has 0 amide bonds. The molecule has 1 aromatic rings. The summed E-state index contributed by atoms with van der Waals surface area (Å²) in [6.45, 7) is 0.814. The van der Waals surface area contributed by atoms with Gasteiger partial charge in [0.15, 0.2) is 5.78 Å². The molecule has 0 bridgehead atoms. The Morgan fingerprint density at radius 3 is 2.90 bits per heavy atom. The van der Waals surface area contributed by atoms with Gasteiger partial charge in [0.05, 0.1) is 12.2 Å². The third kappa shape index (κ3) is 2.48. The van der Waals surface area contributed by atoms with E-state index >= 15 is 0 Å². The van der Waals surface area contributed by atoms with Crippen molar-refractivity contribution in [1.29, 1.82) is 0 Å². The van der Waals surface area contributed by atoms with Gasteiger partial charge in [0.2, 0.25) is 0 Å². The highest BCUT2D eigenvalue weighted by Gasteiger charge is 2.43. The molecule has 1 spiro atoms. The topological polar surface area (TPSA) is 35.5 Å². The quantitative estimate of drug-likeness (QED) is 0.832. The number of hydrogen-bond donors (Lipinski definition) is 0. The molecule has 21 heavy (non-hydrogen) atoms. The molecule has 2 aliphatic carbocycles. The summed E-state index contributed by atoms with van der Waals surface area (Å²) in [6.07, 6.45) is 8.56. The van der Waals surface area contributed by atoms with E-state index in [-0.39, 0.29) is 17.5 Å². The molecule has 4 rings (SSSR count). The maximum absolute atomic E-state index is 11.9. The molecule has 1 saturated heterocycles. The van der Waals surface area contributed by atoms with Gasteiger partial charge in [0, 0.05) is 24.8 Å². The number of carbonyl (C=O) groups is 1. The van der Waals surface area contributed by atoms with Gasteiger partial charge in [-0.25, -0.2) is 0 Å². The van der Waals surface area contributed by atoms with Crippen LogP contribution in [0.25, 0.3) is 0 Å². The first-order valence-electron chi connectivity index (χ1n) is 8.21. The molecule has 1 aromatic carbocycles. The first kappa shape index (κ1) is 13.3. The summed E-state index contributed by atoms with van der Waals surface area (Å²) in [5.41, 5.74) is 2.18. The molecule has 0 N–H and O–H groups in total. The zero-order valence-electron chi connectivity index (χ0n) is 12.4. The Kier molecular flexibility index (Phi) is 3.26. The SMILES string of the molecule is O=C1CCCc2cc(OC3CCOC4(CCC4)C3)ccc21. The van der Waals surface area contributed by atoms with Crippen LogP contribution in [0, 0.1) is 0 Å². The van der Waals surface area contributed by atoms with Crippen molar-refractivity contribution in [2.24, 2.45) is 0 Å². The molecular formula is C18H22O3. The van der Waals surface area contributed by atoms with Crippen LogP contribution in [-0.4, -0.2) is 24.1 Å². The predicted octanol–water partition coefficient (Wildman–Crippen LogP) is 3.69. The number of fused-ring (bicyclic) bond motifs is 1. The second-order valence-corrected chi connectivity index (χ2v) is 6.71. The number of ether oxygens (including phenoxy) is 2. The van der Waals surface area contributed by atoms with Gasteiger partial charge in [-0.15, -0.1) is 0 Å². The van der Waals surface area contributed by atoms with Gasteiger partial charge in [-0.3, -0.25) is 4.79 Å². The summed E-state index contributed by atoms with van der Waals surface area (Å²) in [5, 5.41) is 0. The number of ketones is 1. The van der Waals surface area contributed by atoms with Crippen LogP contribution in [0.3, 0.4) is 0 Å². The molecule has 1 aliphatic heterocycles. The summed E-state index contributed by atoms with van der Waals surface area (Å²) in [7, 11) is 0. The van der Waals surface area contributed by atoms with E-state index < -0.39 is 0 Å².